The van der Waals surface area contributed by atoms with Gasteiger partial charge in [0.2, 0.25) is 5.91 Å². The fourth-order valence-electron chi connectivity index (χ4n) is 16.3. The van der Waals surface area contributed by atoms with Crippen molar-refractivity contribution in [2.45, 2.75) is 535 Å². The van der Waals surface area contributed by atoms with Crippen LogP contribution >= 0.6 is 0 Å². The van der Waals surface area contributed by atoms with E-state index in [-0.39, 0.29) is 18.9 Å². The van der Waals surface area contributed by atoms with Crippen LogP contribution in [0.25, 0.3) is 0 Å². The second kappa shape index (κ2) is 70.0. The molecule has 19 nitrogen and oxygen atoms in total. The van der Waals surface area contributed by atoms with Gasteiger partial charge in [-0.1, -0.05) is 412 Å². The van der Waals surface area contributed by atoms with Crippen LogP contribution in [0.5, 0.6) is 0 Å². The second-order valence-corrected chi connectivity index (χ2v) is 33.5. The van der Waals surface area contributed by atoms with Crippen LogP contribution in [0.15, 0.2) is 0 Å². The van der Waals surface area contributed by atoms with E-state index >= 15 is 0 Å². The van der Waals surface area contributed by atoms with Crippen molar-refractivity contribution in [2.75, 3.05) is 26.4 Å². The van der Waals surface area contributed by atoms with Gasteiger partial charge >= 0.3 is 0 Å². The lowest BCUT2D eigenvalue weighted by Crippen LogP contribution is -2.66. The summed E-state index contributed by atoms with van der Waals surface area (Å²) in [6.07, 6.45) is 58.0. The molecule has 3 saturated heterocycles. The SMILES string of the molecule is CCCCCCCCCCCCCCCCCCCCCCCCCCCCCCCCCCCCC(=O)NC(COC1OC(CO)C(OC2OC(CO)C(OC3OC(CO)C(O)C(O)C3O)C(O)C2O)C(O)C1O)C(O)CCCCCCCCCCCCCCCCCCCCCCCCCCCCCCC. The second-order valence-electron chi connectivity index (χ2n) is 33.5. The molecule has 0 aliphatic carbocycles. The zero-order valence-corrected chi connectivity index (χ0v) is 69.4. The number of unbranched alkanes of at least 4 members (excludes halogenated alkanes) is 61. The Morgan fingerprint density at radius 1 is 0.296 bits per heavy atom. The highest BCUT2D eigenvalue weighted by Crippen LogP contribution is 2.34. The van der Waals surface area contributed by atoms with Crippen molar-refractivity contribution in [3.8, 4) is 0 Å². The lowest BCUT2D eigenvalue weighted by molar-refractivity contribution is -0.379. The number of ether oxygens (including phenoxy) is 6. The zero-order chi connectivity index (χ0) is 78.1. The van der Waals surface area contributed by atoms with Gasteiger partial charge in [0.25, 0.3) is 0 Å². The first-order valence-electron chi connectivity index (χ1n) is 46.3. The van der Waals surface area contributed by atoms with Gasteiger partial charge in [0.05, 0.1) is 38.6 Å². The molecule has 12 N–H and O–H groups in total. The van der Waals surface area contributed by atoms with Crippen LogP contribution in [0.1, 0.15) is 431 Å². The molecule has 19 heteroatoms. The van der Waals surface area contributed by atoms with Gasteiger partial charge in [-0.05, 0) is 12.8 Å². The van der Waals surface area contributed by atoms with Crippen LogP contribution in [-0.4, -0.2) is 193 Å². The van der Waals surface area contributed by atoms with Crippen molar-refractivity contribution in [2.24, 2.45) is 0 Å². The molecule has 3 rings (SSSR count). The highest BCUT2D eigenvalue weighted by atomic mass is 16.8. The molecule has 3 heterocycles. The molecule has 108 heavy (non-hydrogen) atoms. The topological polar surface area (TPSA) is 307 Å². The van der Waals surface area contributed by atoms with E-state index in [0.29, 0.717) is 12.8 Å². The Hall–Kier alpha value is -1.21. The Morgan fingerprint density at radius 2 is 0.528 bits per heavy atom. The number of nitrogens with one attached hydrogen (secondary N) is 1. The molecule has 642 valence electrons. The summed E-state index contributed by atoms with van der Waals surface area (Å²) < 4.78 is 34.6. The summed E-state index contributed by atoms with van der Waals surface area (Å²) in [5, 5.41) is 121. The van der Waals surface area contributed by atoms with E-state index in [1.807, 2.05) is 0 Å². The first kappa shape index (κ1) is 101. The third-order valence-corrected chi connectivity index (χ3v) is 23.7. The molecule has 17 atom stereocenters. The largest absolute Gasteiger partial charge is 0.394 e. The van der Waals surface area contributed by atoms with E-state index in [2.05, 4.69) is 19.2 Å². The first-order valence-corrected chi connectivity index (χ1v) is 46.3. The monoisotopic (exact) mass is 1540 g/mol. The van der Waals surface area contributed by atoms with Gasteiger partial charge < -0.3 is 89.9 Å². The number of amides is 1. The number of rotatable bonds is 77. The van der Waals surface area contributed by atoms with E-state index in [4.69, 9.17) is 28.4 Å². The number of carbonyl (C=O) groups excluding carboxylic acids is 1. The molecule has 0 spiro atoms. The number of aliphatic hydroxyl groups excluding tert-OH is 11. The third kappa shape index (κ3) is 48.4. The van der Waals surface area contributed by atoms with Crippen molar-refractivity contribution in [1.82, 2.24) is 5.32 Å². The van der Waals surface area contributed by atoms with Gasteiger partial charge in [0, 0.05) is 6.42 Å². The van der Waals surface area contributed by atoms with Gasteiger partial charge in [0.15, 0.2) is 18.9 Å². The Balaban J connectivity index is 1.31. The number of hydrogen-bond donors (Lipinski definition) is 12. The van der Waals surface area contributed by atoms with E-state index in [0.717, 1.165) is 44.9 Å². The smallest absolute Gasteiger partial charge is 0.220 e. The van der Waals surface area contributed by atoms with Gasteiger partial charge in [-0.15, -0.1) is 0 Å². The van der Waals surface area contributed by atoms with E-state index in [1.54, 1.807) is 0 Å². The Kier molecular flexibility index (Phi) is 65.5. The summed E-state index contributed by atoms with van der Waals surface area (Å²) >= 11 is 0. The maximum atomic E-state index is 13.5. The highest BCUT2D eigenvalue weighted by molar-refractivity contribution is 5.76. The molecule has 0 aromatic heterocycles. The molecule has 3 aliphatic heterocycles. The Morgan fingerprint density at radius 3 is 0.806 bits per heavy atom. The van der Waals surface area contributed by atoms with E-state index in [9.17, 15) is 61.0 Å². The summed E-state index contributed by atoms with van der Waals surface area (Å²) in [4.78, 5) is 13.5. The summed E-state index contributed by atoms with van der Waals surface area (Å²) in [5.74, 6) is -0.230. The van der Waals surface area contributed by atoms with Crippen molar-refractivity contribution in [3.63, 3.8) is 0 Å². The molecule has 0 saturated carbocycles. The first-order chi connectivity index (χ1) is 52.8. The van der Waals surface area contributed by atoms with Gasteiger partial charge in [-0.2, -0.15) is 0 Å². The van der Waals surface area contributed by atoms with Crippen molar-refractivity contribution in [3.05, 3.63) is 0 Å². The number of aliphatic hydroxyl groups is 11. The third-order valence-electron chi connectivity index (χ3n) is 23.7. The predicted octanol–water partition coefficient (Wildman–Crippen LogP) is 17.7. The van der Waals surface area contributed by atoms with Crippen molar-refractivity contribution < 1.29 is 89.4 Å². The molecular weight excluding hydrogens is 1370 g/mol. The number of carbonyl (C=O) groups is 1. The molecule has 3 fully saturated rings. The Labute approximate surface area is 659 Å². The predicted molar refractivity (Wildman–Crippen MR) is 434 cm³/mol. The summed E-state index contributed by atoms with van der Waals surface area (Å²) in [6, 6.07) is -0.885. The molecular formula is C89H173NO18. The normalized spacial score (nSPS) is 25.3. The van der Waals surface area contributed by atoms with Crippen LogP contribution in [-0.2, 0) is 33.2 Å². The standard InChI is InChI=1S/C89H173NO18/c1-3-5-7-9-11-13-15-17-19-21-23-25-27-29-31-33-34-35-36-37-39-41-43-45-47-49-51-53-55-57-59-61-63-65-67-77(95)90-72(73(94)66-64-62-60-58-56-54-52-50-48-46-44-42-40-38-32-30-28-26-24-22-20-18-16-14-12-10-8-6-4-2)71-103-87-83(101)80(98)85(75(69-92)105-87)108-89-84(102)81(99)86(76(70-93)106-89)107-88-82(100)79(97)78(96)74(68-91)104-88/h72-76,78-89,91-94,96-102H,3-71H2,1-2H3,(H,90,95). The molecule has 0 aromatic carbocycles. The average molecular weight is 1550 g/mol. The van der Waals surface area contributed by atoms with Crippen LogP contribution in [0.2, 0.25) is 0 Å². The molecule has 0 bridgehead atoms. The summed E-state index contributed by atoms with van der Waals surface area (Å²) in [5.41, 5.74) is 0. The lowest BCUT2D eigenvalue weighted by atomic mass is 9.96. The lowest BCUT2D eigenvalue weighted by Gasteiger charge is -2.48. The number of hydrogen-bond acceptors (Lipinski definition) is 18. The van der Waals surface area contributed by atoms with Crippen LogP contribution < -0.4 is 5.32 Å². The molecule has 0 radical (unpaired) electrons. The van der Waals surface area contributed by atoms with Crippen molar-refractivity contribution in [1.29, 1.82) is 0 Å². The molecule has 1 amide bonds. The van der Waals surface area contributed by atoms with Gasteiger partial charge in [-0.3, -0.25) is 4.79 Å². The van der Waals surface area contributed by atoms with Crippen LogP contribution in [0, 0.1) is 0 Å². The Bertz CT molecular complexity index is 1940. The fourth-order valence-corrected chi connectivity index (χ4v) is 16.3. The minimum Gasteiger partial charge on any atom is -0.394 e. The fraction of sp³-hybridized carbons (Fsp3) is 0.989. The maximum absolute atomic E-state index is 13.5. The molecule has 0 aromatic rings. The summed E-state index contributed by atoms with van der Waals surface area (Å²) in [6.45, 7) is 1.90. The van der Waals surface area contributed by atoms with Crippen LogP contribution in [0.4, 0.5) is 0 Å². The molecule has 17 unspecified atom stereocenters. The quantitative estimate of drug-likeness (QED) is 0.0252. The van der Waals surface area contributed by atoms with Gasteiger partial charge in [-0.25, -0.2) is 0 Å². The molecule has 3 aliphatic rings. The maximum Gasteiger partial charge on any atom is 0.220 e. The highest BCUT2D eigenvalue weighted by Gasteiger charge is 2.54. The van der Waals surface area contributed by atoms with E-state index < -0.39 is 124 Å². The minimum absolute atomic E-state index is 0.230. The average Bonchev–Trinajstić information content (AvgIpc) is 0.779. The van der Waals surface area contributed by atoms with Gasteiger partial charge in [0.1, 0.15) is 73.2 Å². The zero-order valence-electron chi connectivity index (χ0n) is 69.4. The van der Waals surface area contributed by atoms with Crippen LogP contribution in [0.3, 0.4) is 0 Å². The van der Waals surface area contributed by atoms with Crippen molar-refractivity contribution >= 4 is 5.91 Å². The summed E-state index contributed by atoms with van der Waals surface area (Å²) in [7, 11) is 0. The van der Waals surface area contributed by atoms with E-state index in [1.165, 1.54) is 353 Å². The minimum atomic E-state index is -1.97.